The Morgan fingerprint density at radius 1 is 1.35 bits per heavy atom. The number of thiazole rings is 1. The van der Waals surface area contributed by atoms with Crippen LogP contribution in [0.2, 0.25) is 0 Å². The molecule has 88 valence electrons. The minimum atomic E-state index is 0.135. The van der Waals surface area contributed by atoms with Gasteiger partial charge < -0.3 is 5.73 Å². The second kappa shape index (κ2) is 4.52. The summed E-state index contributed by atoms with van der Waals surface area (Å²) in [7, 11) is 0. The first-order valence-electron chi connectivity index (χ1n) is 5.71. The van der Waals surface area contributed by atoms with Crippen molar-refractivity contribution in [2.24, 2.45) is 11.7 Å². The summed E-state index contributed by atoms with van der Waals surface area (Å²) in [4.78, 5) is 4.67. The van der Waals surface area contributed by atoms with Gasteiger partial charge in [-0.3, -0.25) is 0 Å². The average molecular weight is 309 g/mol. The molecular weight excluding hydrogens is 296 g/mol. The lowest BCUT2D eigenvalue weighted by atomic mass is 10.2. The van der Waals surface area contributed by atoms with E-state index in [1.54, 1.807) is 11.3 Å². The summed E-state index contributed by atoms with van der Waals surface area (Å²) in [6.45, 7) is 0. The normalized spacial score (nSPS) is 17.1. The first-order chi connectivity index (χ1) is 8.25. The maximum absolute atomic E-state index is 6.17. The summed E-state index contributed by atoms with van der Waals surface area (Å²) in [6, 6.07) is 8.29. The number of nitrogens with two attached hydrogens (primary N) is 1. The third kappa shape index (κ3) is 2.30. The summed E-state index contributed by atoms with van der Waals surface area (Å²) in [5.74, 6) is 0.660. The molecule has 2 nitrogen and oxygen atoms in total. The van der Waals surface area contributed by atoms with Crippen LogP contribution in [0.1, 0.15) is 23.9 Å². The Labute approximate surface area is 113 Å². The molecule has 1 aliphatic rings. The molecule has 1 atom stereocenters. The maximum Gasteiger partial charge on any atom is 0.110 e. The quantitative estimate of drug-likeness (QED) is 0.931. The molecule has 0 bridgehead atoms. The molecule has 2 aromatic rings. The van der Waals surface area contributed by atoms with E-state index in [0.29, 0.717) is 5.92 Å². The van der Waals surface area contributed by atoms with Gasteiger partial charge in [-0.15, -0.1) is 11.3 Å². The molecule has 1 heterocycles. The number of hydrogen-bond acceptors (Lipinski definition) is 3. The Kier molecular flexibility index (Phi) is 3.03. The van der Waals surface area contributed by atoms with E-state index >= 15 is 0 Å². The van der Waals surface area contributed by atoms with Gasteiger partial charge in [-0.05, 0) is 24.8 Å². The molecule has 0 amide bonds. The molecule has 0 aliphatic heterocycles. The number of halogens is 1. The molecule has 3 rings (SSSR count). The lowest BCUT2D eigenvalue weighted by molar-refractivity contribution is 0.629. The van der Waals surface area contributed by atoms with Gasteiger partial charge in [0.25, 0.3) is 0 Å². The number of nitrogens with zero attached hydrogens (tertiary/aromatic N) is 1. The molecule has 0 radical (unpaired) electrons. The molecule has 1 saturated carbocycles. The summed E-state index contributed by atoms with van der Waals surface area (Å²) in [5, 5.41) is 3.16. The van der Waals surface area contributed by atoms with Crippen molar-refractivity contribution in [3.63, 3.8) is 0 Å². The zero-order valence-corrected chi connectivity index (χ0v) is 11.7. The second-order valence-corrected chi connectivity index (χ2v) is 6.16. The van der Waals surface area contributed by atoms with Gasteiger partial charge in [-0.1, -0.05) is 34.1 Å². The summed E-state index contributed by atoms with van der Waals surface area (Å²) in [5.41, 5.74) is 8.32. The van der Waals surface area contributed by atoms with Gasteiger partial charge in [-0.25, -0.2) is 4.98 Å². The standard InChI is InChI=1S/C13H13BrN2S/c14-10-4-2-1-3-9(10)11-7-17-13(16-11)12(15)8-5-6-8/h1-4,7-8,12H,5-6,15H2. The van der Waals surface area contributed by atoms with Gasteiger partial charge in [0.05, 0.1) is 11.7 Å². The lowest BCUT2D eigenvalue weighted by Gasteiger charge is -2.05. The molecule has 2 N–H and O–H groups in total. The number of aromatic nitrogens is 1. The second-order valence-electron chi connectivity index (χ2n) is 4.41. The predicted molar refractivity (Wildman–Crippen MR) is 74.9 cm³/mol. The van der Waals surface area contributed by atoms with Crippen LogP contribution in [-0.2, 0) is 0 Å². The smallest absolute Gasteiger partial charge is 0.110 e. The summed E-state index contributed by atoms with van der Waals surface area (Å²) < 4.78 is 1.08. The molecule has 1 aromatic carbocycles. The fraction of sp³-hybridized carbons (Fsp3) is 0.308. The van der Waals surface area contributed by atoms with Crippen LogP contribution in [0.4, 0.5) is 0 Å². The van der Waals surface area contributed by atoms with E-state index in [1.165, 1.54) is 12.8 Å². The Morgan fingerprint density at radius 3 is 2.82 bits per heavy atom. The third-order valence-corrected chi connectivity index (χ3v) is 4.72. The number of benzene rings is 1. The molecule has 1 aliphatic carbocycles. The zero-order chi connectivity index (χ0) is 11.8. The van der Waals surface area contributed by atoms with E-state index in [2.05, 4.69) is 32.4 Å². The third-order valence-electron chi connectivity index (χ3n) is 3.09. The minimum absolute atomic E-state index is 0.135. The summed E-state index contributed by atoms with van der Waals surface area (Å²) in [6.07, 6.45) is 2.51. The van der Waals surface area contributed by atoms with Crippen LogP contribution < -0.4 is 5.73 Å². The van der Waals surface area contributed by atoms with E-state index in [0.717, 1.165) is 20.7 Å². The molecule has 17 heavy (non-hydrogen) atoms. The van der Waals surface area contributed by atoms with Crippen LogP contribution >= 0.6 is 27.3 Å². The van der Waals surface area contributed by atoms with E-state index in [1.807, 2.05) is 18.2 Å². The van der Waals surface area contributed by atoms with Gasteiger partial charge >= 0.3 is 0 Å². The highest BCUT2D eigenvalue weighted by atomic mass is 79.9. The van der Waals surface area contributed by atoms with Gasteiger partial charge in [0.15, 0.2) is 0 Å². The molecular formula is C13H13BrN2S. The first-order valence-corrected chi connectivity index (χ1v) is 7.39. The van der Waals surface area contributed by atoms with Crippen LogP contribution in [0.25, 0.3) is 11.3 Å². The predicted octanol–water partition coefficient (Wildman–Crippen LogP) is 3.98. The van der Waals surface area contributed by atoms with Crippen molar-refractivity contribution >= 4 is 27.3 Å². The zero-order valence-electron chi connectivity index (χ0n) is 9.27. The number of hydrogen-bond donors (Lipinski definition) is 1. The van der Waals surface area contributed by atoms with Crippen molar-refractivity contribution in [1.29, 1.82) is 0 Å². The Bertz CT molecular complexity index is 534. The van der Waals surface area contributed by atoms with E-state index in [9.17, 15) is 0 Å². The molecule has 1 aromatic heterocycles. The molecule has 4 heteroatoms. The van der Waals surface area contributed by atoms with Crippen LogP contribution in [0, 0.1) is 5.92 Å². The highest BCUT2D eigenvalue weighted by Crippen LogP contribution is 2.41. The minimum Gasteiger partial charge on any atom is -0.322 e. The average Bonchev–Trinajstić information content (AvgIpc) is 3.07. The maximum atomic E-state index is 6.17. The van der Waals surface area contributed by atoms with Gasteiger partial charge in [0.2, 0.25) is 0 Å². The number of rotatable bonds is 3. The monoisotopic (exact) mass is 308 g/mol. The van der Waals surface area contributed by atoms with E-state index in [-0.39, 0.29) is 6.04 Å². The van der Waals surface area contributed by atoms with E-state index < -0.39 is 0 Å². The van der Waals surface area contributed by atoms with Crippen molar-refractivity contribution < 1.29 is 0 Å². The topological polar surface area (TPSA) is 38.9 Å². The molecule has 0 saturated heterocycles. The first kappa shape index (κ1) is 11.4. The molecule has 1 fully saturated rings. The van der Waals surface area contributed by atoms with Crippen LogP contribution in [-0.4, -0.2) is 4.98 Å². The SMILES string of the molecule is NC(c1nc(-c2ccccc2Br)cs1)C1CC1. The van der Waals surface area contributed by atoms with Crippen molar-refractivity contribution in [3.8, 4) is 11.3 Å². The fourth-order valence-corrected chi connectivity index (χ4v) is 3.29. The van der Waals surface area contributed by atoms with Crippen molar-refractivity contribution in [3.05, 3.63) is 39.1 Å². The lowest BCUT2D eigenvalue weighted by Crippen LogP contribution is -2.11. The van der Waals surface area contributed by atoms with Crippen LogP contribution in [0.5, 0.6) is 0 Å². The van der Waals surface area contributed by atoms with Crippen LogP contribution in [0.15, 0.2) is 34.1 Å². The Hall–Kier alpha value is -0.710. The highest BCUT2D eigenvalue weighted by Gasteiger charge is 2.31. The largest absolute Gasteiger partial charge is 0.322 e. The van der Waals surface area contributed by atoms with Crippen molar-refractivity contribution in [2.45, 2.75) is 18.9 Å². The van der Waals surface area contributed by atoms with Gasteiger partial charge in [0, 0.05) is 15.4 Å². The fourth-order valence-electron chi connectivity index (χ4n) is 1.89. The van der Waals surface area contributed by atoms with Crippen molar-refractivity contribution in [1.82, 2.24) is 4.98 Å². The van der Waals surface area contributed by atoms with Crippen LogP contribution in [0.3, 0.4) is 0 Å². The highest BCUT2D eigenvalue weighted by molar-refractivity contribution is 9.10. The molecule has 1 unspecified atom stereocenters. The Morgan fingerprint density at radius 2 is 2.12 bits per heavy atom. The van der Waals surface area contributed by atoms with E-state index in [4.69, 9.17) is 5.73 Å². The van der Waals surface area contributed by atoms with Gasteiger partial charge in [-0.2, -0.15) is 0 Å². The molecule has 0 spiro atoms. The van der Waals surface area contributed by atoms with Gasteiger partial charge in [0.1, 0.15) is 5.01 Å². The van der Waals surface area contributed by atoms with Crippen molar-refractivity contribution in [2.75, 3.05) is 0 Å². The Balaban J connectivity index is 1.92. The summed E-state index contributed by atoms with van der Waals surface area (Å²) >= 11 is 5.23.